The van der Waals surface area contributed by atoms with Gasteiger partial charge in [-0.15, -0.1) is 0 Å². The van der Waals surface area contributed by atoms with Crippen LogP contribution >= 0.6 is 38.9 Å². The van der Waals surface area contributed by atoms with E-state index in [1.54, 1.807) is 18.4 Å². The number of anilines is 2. The number of methoxy groups -OCH3 is 1. The SMILES string of the molecule is COc1ccc2nc(Nc3ccc(Br)c(Cl)c3)sc2c1. The number of benzene rings is 2. The molecule has 20 heavy (non-hydrogen) atoms. The zero-order valence-corrected chi connectivity index (χ0v) is 13.6. The zero-order valence-electron chi connectivity index (χ0n) is 10.5. The van der Waals surface area contributed by atoms with Crippen molar-refractivity contribution in [3.8, 4) is 5.75 Å². The Morgan fingerprint density at radius 2 is 2.10 bits per heavy atom. The molecule has 6 heteroatoms. The summed E-state index contributed by atoms with van der Waals surface area (Å²) in [4.78, 5) is 4.53. The highest BCUT2D eigenvalue weighted by Crippen LogP contribution is 2.32. The second-order valence-electron chi connectivity index (χ2n) is 4.11. The number of rotatable bonds is 3. The van der Waals surface area contributed by atoms with E-state index in [0.717, 1.165) is 31.3 Å². The highest BCUT2D eigenvalue weighted by atomic mass is 79.9. The first kappa shape index (κ1) is 13.7. The predicted molar refractivity (Wildman–Crippen MR) is 88.6 cm³/mol. The van der Waals surface area contributed by atoms with Gasteiger partial charge in [0.2, 0.25) is 0 Å². The number of halogens is 2. The Morgan fingerprint density at radius 3 is 2.85 bits per heavy atom. The van der Waals surface area contributed by atoms with Gasteiger partial charge in [-0.2, -0.15) is 0 Å². The van der Waals surface area contributed by atoms with E-state index in [4.69, 9.17) is 16.3 Å². The van der Waals surface area contributed by atoms with Crippen LogP contribution in [0.15, 0.2) is 40.9 Å². The molecular weight excluding hydrogens is 360 g/mol. The Kier molecular flexibility index (Phi) is 3.83. The van der Waals surface area contributed by atoms with E-state index in [2.05, 4.69) is 26.2 Å². The van der Waals surface area contributed by atoms with Crippen LogP contribution in [-0.2, 0) is 0 Å². The molecule has 0 fully saturated rings. The van der Waals surface area contributed by atoms with Gasteiger partial charge in [0.15, 0.2) is 5.13 Å². The molecule has 3 nitrogen and oxygen atoms in total. The quantitative estimate of drug-likeness (QED) is 0.665. The van der Waals surface area contributed by atoms with Crippen LogP contribution in [0.3, 0.4) is 0 Å². The molecule has 0 radical (unpaired) electrons. The standard InChI is InChI=1S/C14H10BrClN2OS/c1-19-9-3-5-12-13(7-9)20-14(18-12)17-8-2-4-10(15)11(16)6-8/h2-7H,1H3,(H,17,18). The molecule has 1 N–H and O–H groups in total. The van der Waals surface area contributed by atoms with Crippen LogP contribution < -0.4 is 10.1 Å². The molecule has 0 saturated carbocycles. The maximum absolute atomic E-state index is 6.08. The van der Waals surface area contributed by atoms with Gasteiger partial charge in [-0.1, -0.05) is 22.9 Å². The Bertz CT molecular complexity index is 775. The summed E-state index contributed by atoms with van der Waals surface area (Å²) < 4.78 is 7.17. The third-order valence-electron chi connectivity index (χ3n) is 2.77. The van der Waals surface area contributed by atoms with Crippen molar-refractivity contribution in [3.05, 3.63) is 45.9 Å². The average Bonchev–Trinajstić information content (AvgIpc) is 2.84. The lowest BCUT2D eigenvalue weighted by molar-refractivity contribution is 0.415. The van der Waals surface area contributed by atoms with E-state index in [1.165, 1.54) is 0 Å². The molecular formula is C14H10BrClN2OS. The largest absolute Gasteiger partial charge is 0.497 e. The summed E-state index contributed by atoms with van der Waals surface area (Å²) in [5.41, 5.74) is 1.85. The lowest BCUT2D eigenvalue weighted by atomic mass is 10.3. The van der Waals surface area contributed by atoms with Gasteiger partial charge < -0.3 is 10.1 Å². The van der Waals surface area contributed by atoms with E-state index in [0.29, 0.717) is 5.02 Å². The van der Waals surface area contributed by atoms with E-state index in [-0.39, 0.29) is 0 Å². The number of hydrogen-bond acceptors (Lipinski definition) is 4. The van der Waals surface area contributed by atoms with Gasteiger partial charge in [-0.3, -0.25) is 0 Å². The molecule has 1 heterocycles. The number of ether oxygens (including phenoxy) is 1. The lowest BCUT2D eigenvalue weighted by Gasteiger charge is -2.03. The number of nitrogens with zero attached hydrogens (tertiary/aromatic N) is 1. The molecule has 0 saturated heterocycles. The van der Waals surface area contributed by atoms with Crippen LogP contribution in [0.5, 0.6) is 5.75 Å². The summed E-state index contributed by atoms with van der Waals surface area (Å²) in [6.45, 7) is 0. The van der Waals surface area contributed by atoms with Crippen LogP contribution in [-0.4, -0.2) is 12.1 Å². The Balaban J connectivity index is 1.92. The number of thiazole rings is 1. The first-order chi connectivity index (χ1) is 9.65. The van der Waals surface area contributed by atoms with Crippen molar-refractivity contribution in [2.45, 2.75) is 0 Å². The molecule has 1 aromatic heterocycles. The average molecular weight is 370 g/mol. The smallest absolute Gasteiger partial charge is 0.188 e. The van der Waals surface area contributed by atoms with Gasteiger partial charge in [0.25, 0.3) is 0 Å². The van der Waals surface area contributed by atoms with Crippen LogP contribution in [0.25, 0.3) is 10.2 Å². The Morgan fingerprint density at radius 1 is 1.25 bits per heavy atom. The summed E-state index contributed by atoms with van der Waals surface area (Å²) in [7, 11) is 1.66. The third-order valence-corrected chi connectivity index (χ3v) is 4.93. The summed E-state index contributed by atoms with van der Waals surface area (Å²) in [6.07, 6.45) is 0. The summed E-state index contributed by atoms with van der Waals surface area (Å²) in [5, 5.41) is 4.75. The van der Waals surface area contributed by atoms with Gasteiger partial charge in [-0.05, 0) is 52.3 Å². The van der Waals surface area contributed by atoms with E-state index < -0.39 is 0 Å². The summed E-state index contributed by atoms with van der Waals surface area (Å²) in [6, 6.07) is 11.5. The predicted octanol–water partition coefficient (Wildman–Crippen LogP) is 5.46. The van der Waals surface area contributed by atoms with E-state index >= 15 is 0 Å². The minimum atomic E-state index is 0.665. The first-order valence-electron chi connectivity index (χ1n) is 5.82. The van der Waals surface area contributed by atoms with Crippen LogP contribution in [0.4, 0.5) is 10.8 Å². The molecule has 0 aliphatic carbocycles. The molecule has 0 aliphatic rings. The van der Waals surface area contributed by atoms with Gasteiger partial charge >= 0.3 is 0 Å². The minimum Gasteiger partial charge on any atom is -0.497 e. The number of fused-ring (bicyclic) bond motifs is 1. The van der Waals surface area contributed by atoms with Gasteiger partial charge in [0.1, 0.15) is 5.75 Å². The molecule has 0 unspecified atom stereocenters. The van der Waals surface area contributed by atoms with Crippen molar-refractivity contribution < 1.29 is 4.74 Å². The fourth-order valence-corrected chi connectivity index (χ4v) is 3.12. The molecule has 2 aromatic carbocycles. The zero-order chi connectivity index (χ0) is 14.1. The second kappa shape index (κ2) is 5.60. The molecule has 0 bridgehead atoms. The fraction of sp³-hybridized carbons (Fsp3) is 0.0714. The van der Waals surface area contributed by atoms with Crippen LogP contribution in [0, 0.1) is 0 Å². The highest BCUT2D eigenvalue weighted by molar-refractivity contribution is 9.10. The Labute approximate surface area is 133 Å². The molecule has 3 aromatic rings. The molecule has 0 spiro atoms. The van der Waals surface area contributed by atoms with Crippen molar-refractivity contribution >= 4 is 59.9 Å². The van der Waals surface area contributed by atoms with Crippen LogP contribution in [0.2, 0.25) is 5.02 Å². The molecule has 0 atom stereocenters. The van der Waals surface area contributed by atoms with Crippen molar-refractivity contribution in [2.24, 2.45) is 0 Å². The third kappa shape index (κ3) is 2.75. The summed E-state index contributed by atoms with van der Waals surface area (Å²) >= 11 is 11.0. The lowest BCUT2D eigenvalue weighted by Crippen LogP contribution is -1.88. The fourth-order valence-electron chi connectivity index (χ4n) is 1.78. The van der Waals surface area contributed by atoms with Gasteiger partial charge in [-0.25, -0.2) is 4.98 Å². The Hall–Kier alpha value is -1.30. The van der Waals surface area contributed by atoms with Crippen LogP contribution in [0.1, 0.15) is 0 Å². The van der Waals surface area contributed by atoms with Gasteiger partial charge in [0, 0.05) is 10.2 Å². The summed E-state index contributed by atoms with van der Waals surface area (Å²) in [5.74, 6) is 0.833. The number of hydrogen-bond donors (Lipinski definition) is 1. The van der Waals surface area contributed by atoms with Crippen molar-refractivity contribution in [2.75, 3.05) is 12.4 Å². The number of nitrogens with one attached hydrogen (secondary N) is 1. The normalized spacial score (nSPS) is 10.8. The van der Waals surface area contributed by atoms with E-state index in [1.807, 2.05) is 36.4 Å². The van der Waals surface area contributed by atoms with Gasteiger partial charge in [0.05, 0.1) is 22.3 Å². The molecule has 0 amide bonds. The molecule has 3 rings (SSSR count). The van der Waals surface area contributed by atoms with Crippen molar-refractivity contribution in [1.29, 1.82) is 0 Å². The topological polar surface area (TPSA) is 34.1 Å². The maximum atomic E-state index is 6.08. The second-order valence-corrected chi connectivity index (χ2v) is 6.40. The number of aromatic nitrogens is 1. The molecule has 102 valence electrons. The minimum absolute atomic E-state index is 0.665. The van der Waals surface area contributed by atoms with E-state index in [9.17, 15) is 0 Å². The molecule has 0 aliphatic heterocycles. The monoisotopic (exact) mass is 368 g/mol. The highest BCUT2D eigenvalue weighted by Gasteiger charge is 2.06. The van der Waals surface area contributed by atoms with Crippen molar-refractivity contribution in [3.63, 3.8) is 0 Å². The first-order valence-corrected chi connectivity index (χ1v) is 7.81. The van der Waals surface area contributed by atoms with Crippen molar-refractivity contribution in [1.82, 2.24) is 4.98 Å². The maximum Gasteiger partial charge on any atom is 0.188 e.